The van der Waals surface area contributed by atoms with Crippen molar-refractivity contribution >= 4 is 57.2 Å². The molecule has 8 nitrogen and oxygen atoms in total. The van der Waals surface area contributed by atoms with Crippen LogP contribution in [-0.4, -0.2) is 27.6 Å². The first-order valence-corrected chi connectivity index (χ1v) is 15.3. The van der Waals surface area contributed by atoms with Crippen molar-refractivity contribution in [1.29, 1.82) is 5.26 Å². The molecule has 210 valence electrons. The zero-order valence-corrected chi connectivity index (χ0v) is 25.3. The Kier molecular flexibility index (Phi) is 8.23. The molecule has 1 aliphatic carbocycles. The third-order valence-electron chi connectivity index (χ3n) is 7.12. The molecule has 2 heterocycles. The number of anilines is 2. The summed E-state index contributed by atoms with van der Waals surface area (Å²) in [4.78, 5) is 27.9. The van der Waals surface area contributed by atoms with Crippen LogP contribution in [0.1, 0.15) is 50.7 Å². The predicted octanol–water partition coefficient (Wildman–Crippen LogP) is 6.43. The van der Waals surface area contributed by atoms with E-state index in [0.29, 0.717) is 44.2 Å². The molecule has 1 atom stereocenters. The van der Waals surface area contributed by atoms with Gasteiger partial charge in [0, 0.05) is 28.4 Å². The van der Waals surface area contributed by atoms with Crippen LogP contribution in [0.3, 0.4) is 0 Å². The molecule has 0 fully saturated rings. The van der Waals surface area contributed by atoms with Gasteiger partial charge in [0.25, 0.3) is 0 Å². The fraction of sp³-hybridized carbons (Fsp3) is 0.300. The lowest BCUT2D eigenvalue weighted by Gasteiger charge is -2.42. The van der Waals surface area contributed by atoms with E-state index in [1.54, 1.807) is 29.2 Å². The molecule has 0 radical (unpaired) electrons. The van der Waals surface area contributed by atoms with E-state index in [1.807, 2.05) is 24.3 Å². The molecule has 0 spiro atoms. The zero-order chi connectivity index (χ0) is 29.3. The molecule has 2 aromatic carbocycles. The van der Waals surface area contributed by atoms with Gasteiger partial charge in [0.2, 0.25) is 11.0 Å². The Hall–Kier alpha value is -3.65. The van der Waals surface area contributed by atoms with Gasteiger partial charge >= 0.3 is 0 Å². The number of hydrogen-bond acceptors (Lipinski definition) is 9. The highest BCUT2D eigenvalue weighted by molar-refractivity contribution is 8.01. The van der Waals surface area contributed by atoms with Crippen molar-refractivity contribution in [3.8, 4) is 6.07 Å². The van der Waals surface area contributed by atoms with Gasteiger partial charge in [0.1, 0.15) is 5.82 Å². The van der Waals surface area contributed by atoms with Gasteiger partial charge in [-0.05, 0) is 47.6 Å². The lowest BCUT2D eigenvalue weighted by Crippen LogP contribution is -2.42. The lowest BCUT2D eigenvalue weighted by molar-refractivity contribution is -0.118. The number of thioether (sulfide) groups is 1. The van der Waals surface area contributed by atoms with Gasteiger partial charge in [-0.3, -0.25) is 14.5 Å². The number of carbonyl (C=O) groups excluding carboxylic acids is 2. The quantitative estimate of drug-likeness (QED) is 0.296. The molecule has 1 aromatic heterocycles. The number of aryl methyl sites for hydroxylation is 1. The molecule has 5 rings (SSSR count). The van der Waals surface area contributed by atoms with Crippen molar-refractivity contribution in [2.45, 2.75) is 50.3 Å². The number of hydrogen-bond donors (Lipinski definition) is 2. The van der Waals surface area contributed by atoms with E-state index in [1.165, 1.54) is 28.7 Å². The molecule has 41 heavy (non-hydrogen) atoms. The highest BCUT2D eigenvalue weighted by Gasteiger charge is 2.45. The molecule has 11 heteroatoms. The van der Waals surface area contributed by atoms with Crippen molar-refractivity contribution in [2.24, 2.45) is 11.1 Å². The Bertz CT molecular complexity index is 1620. The van der Waals surface area contributed by atoms with Crippen LogP contribution in [0.15, 0.2) is 75.5 Å². The predicted molar refractivity (Wildman–Crippen MR) is 164 cm³/mol. The first-order chi connectivity index (χ1) is 19.6. The van der Waals surface area contributed by atoms with Crippen LogP contribution in [0, 0.1) is 16.7 Å². The number of Topliss-reactive ketones (excluding diaryl/α,β-unsaturated/α-hetero) is 1. The first kappa shape index (κ1) is 28.9. The van der Waals surface area contributed by atoms with Crippen LogP contribution in [-0.2, 0) is 16.0 Å². The van der Waals surface area contributed by atoms with E-state index in [9.17, 15) is 14.9 Å². The Morgan fingerprint density at radius 3 is 2.68 bits per heavy atom. The summed E-state index contributed by atoms with van der Waals surface area (Å²) in [7, 11) is 0. The number of nitrogens with one attached hydrogen (secondary N) is 1. The molecule has 3 N–H and O–H groups in total. The van der Waals surface area contributed by atoms with Gasteiger partial charge in [-0.2, -0.15) is 5.26 Å². The van der Waals surface area contributed by atoms with E-state index in [4.69, 9.17) is 17.3 Å². The highest BCUT2D eigenvalue weighted by atomic mass is 35.5. The number of rotatable bonds is 7. The number of halogens is 1. The maximum atomic E-state index is 13.7. The van der Waals surface area contributed by atoms with Crippen LogP contribution in [0.4, 0.5) is 10.8 Å². The van der Waals surface area contributed by atoms with E-state index in [2.05, 4.69) is 42.4 Å². The normalized spacial score (nSPS) is 18.3. The van der Waals surface area contributed by atoms with Gasteiger partial charge in [-0.15, -0.1) is 10.2 Å². The molecule has 0 saturated carbocycles. The van der Waals surface area contributed by atoms with Crippen molar-refractivity contribution in [2.75, 3.05) is 16.0 Å². The number of amides is 1. The number of nitrogens with two attached hydrogens (primary N) is 1. The third kappa shape index (κ3) is 6.03. The second kappa shape index (κ2) is 11.7. The molecular formula is C30H29ClN6O2S2. The third-order valence-corrected chi connectivity index (χ3v) is 9.40. The highest BCUT2D eigenvalue weighted by Crippen LogP contribution is 2.50. The molecule has 1 amide bonds. The van der Waals surface area contributed by atoms with Crippen molar-refractivity contribution in [1.82, 2.24) is 10.2 Å². The summed E-state index contributed by atoms with van der Waals surface area (Å²) in [5.41, 5.74) is 10.7. The summed E-state index contributed by atoms with van der Waals surface area (Å²) < 4.78 is 0.563. The Labute approximate surface area is 252 Å². The van der Waals surface area contributed by atoms with Crippen LogP contribution in [0.25, 0.3) is 0 Å². The molecule has 2 aliphatic rings. The summed E-state index contributed by atoms with van der Waals surface area (Å²) >= 11 is 8.51. The molecule has 0 bridgehead atoms. The van der Waals surface area contributed by atoms with E-state index >= 15 is 0 Å². The fourth-order valence-corrected chi connectivity index (χ4v) is 7.12. The largest absolute Gasteiger partial charge is 0.384 e. The monoisotopic (exact) mass is 604 g/mol. The summed E-state index contributed by atoms with van der Waals surface area (Å²) in [5.74, 6) is -0.390. The van der Waals surface area contributed by atoms with Gasteiger partial charge in [0.05, 0.1) is 23.3 Å². The minimum atomic E-state index is -0.544. The zero-order valence-electron chi connectivity index (χ0n) is 22.9. The van der Waals surface area contributed by atoms with E-state index < -0.39 is 5.92 Å². The minimum Gasteiger partial charge on any atom is -0.384 e. The Morgan fingerprint density at radius 1 is 1.24 bits per heavy atom. The number of carbonyl (C=O) groups is 2. The van der Waals surface area contributed by atoms with E-state index in [0.717, 1.165) is 17.7 Å². The maximum absolute atomic E-state index is 13.7. The van der Waals surface area contributed by atoms with Crippen molar-refractivity contribution in [3.05, 3.63) is 87.3 Å². The Balaban J connectivity index is 1.46. The Morgan fingerprint density at radius 2 is 2.00 bits per heavy atom. The standard InChI is InChI=1S/C30H29ClN6O2S2/c1-4-17-8-10-18(11-9-17)25-21(15-32)27(33)37(22-13-30(2,3)14-23(38)26(22)25)28-35-36-29(41-28)40-16-24(39)34-20-7-5-6-19(31)12-20/h5-12,25H,4,13-14,16,33H2,1-3H3,(H,34,39). The van der Waals surface area contributed by atoms with Crippen molar-refractivity contribution < 1.29 is 9.59 Å². The second-order valence-electron chi connectivity index (χ2n) is 10.8. The average Bonchev–Trinajstić information content (AvgIpc) is 3.39. The number of aromatic nitrogens is 2. The number of benzene rings is 2. The summed E-state index contributed by atoms with van der Waals surface area (Å²) in [5, 5.41) is 22.7. The first-order valence-electron chi connectivity index (χ1n) is 13.2. The van der Waals surface area contributed by atoms with Crippen LogP contribution < -0.4 is 16.0 Å². The van der Waals surface area contributed by atoms with Crippen LogP contribution in [0.2, 0.25) is 5.02 Å². The molecular weight excluding hydrogens is 576 g/mol. The van der Waals surface area contributed by atoms with E-state index in [-0.39, 0.29) is 28.7 Å². The van der Waals surface area contributed by atoms with Crippen molar-refractivity contribution in [3.63, 3.8) is 0 Å². The number of allylic oxidation sites excluding steroid dienone is 3. The fourth-order valence-electron chi connectivity index (χ4n) is 5.25. The van der Waals surface area contributed by atoms with Crippen LogP contribution >= 0.6 is 34.7 Å². The van der Waals surface area contributed by atoms with Gasteiger partial charge in [0.15, 0.2) is 10.1 Å². The van der Waals surface area contributed by atoms with Gasteiger partial charge in [-0.25, -0.2) is 0 Å². The SMILES string of the molecule is CCc1ccc(C2C(C#N)=C(N)N(c3nnc(SCC(=O)Nc4cccc(Cl)c4)s3)C3=C2C(=O)CC(C)(C)C3)cc1. The average molecular weight is 605 g/mol. The van der Waals surface area contributed by atoms with Crippen LogP contribution in [0.5, 0.6) is 0 Å². The van der Waals surface area contributed by atoms with Gasteiger partial charge < -0.3 is 11.1 Å². The molecule has 1 unspecified atom stereocenters. The number of nitriles is 1. The maximum Gasteiger partial charge on any atom is 0.234 e. The summed E-state index contributed by atoms with van der Waals surface area (Å²) in [6.07, 6.45) is 1.85. The summed E-state index contributed by atoms with van der Waals surface area (Å²) in [6, 6.07) is 17.3. The number of ketones is 1. The van der Waals surface area contributed by atoms with Gasteiger partial charge in [-0.1, -0.05) is 85.8 Å². The second-order valence-corrected chi connectivity index (χ2v) is 13.4. The molecule has 3 aromatic rings. The minimum absolute atomic E-state index is 0.00266. The molecule has 1 aliphatic heterocycles. The topological polar surface area (TPSA) is 125 Å². The smallest absolute Gasteiger partial charge is 0.234 e. The lowest BCUT2D eigenvalue weighted by atomic mass is 9.68. The number of nitrogens with zero attached hydrogens (tertiary/aromatic N) is 4. The molecule has 0 saturated heterocycles. The summed E-state index contributed by atoms with van der Waals surface area (Å²) in [6.45, 7) is 6.19.